The molecule has 2 fully saturated rings. The highest BCUT2D eigenvalue weighted by atomic mass is 35.5. The van der Waals surface area contributed by atoms with Gasteiger partial charge < -0.3 is 16.0 Å². The third kappa shape index (κ3) is 4.24. The van der Waals surface area contributed by atoms with Gasteiger partial charge in [-0.1, -0.05) is 29.6 Å². The van der Waals surface area contributed by atoms with Crippen LogP contribution < -0.4 is 16.0 Å². The number of amides is 3. The summed E-state index contributed by atoms with van der Waals surface area (Å²) in [4.78, 5) is 23.3. The van der Waals surface area contributed by atoms with Gasteiger partial charge in [-0.25, -0.2) is 13.2 Å². The lowest BCUT2D eigenvalue weighted by molar-refractivity contribution is -0.116. The van der Waals surface area contributed by atoms with Gasteiger partial charge in [-0.15, -0.1) is 0 Å². The minimum atomic E-state index is -3.23. The molecule has 0 spiro atoms. The van der Waals surface area contributed by atoms with Crippen molar-refractivity contribution in [3.05, 3.63) is 28.2 Å². The largest absolute Gasteiger partial charge is 0.332 e. The quantitative estimate of drug-likeness (QED) is 0.485. The van der Waals surface area contributed by atoms with E-state index in [0.717, 1.165) is 0 Å². The summed E-state index contributed by atoms with van der Waals surface area (Å²) < 4.78 is 24.4. The monoisotopic (exact) mass is 419 g/mol. The van der Waals surface area contributed by atoms with Crippen LogP contribution in [-0.4, -0.2) is 43.4 Å². The molecular formula is C16H19Cl2N3O4S. The van der Waals surface area contributed by atoms with E-state index in [2.05, 4.69) is 16.0 Å². The molecule has 10 heteroatoms. The molecule has 0 aliphatic carbocycles. The number of nitrogens with one attached hydrogen (secondary N) is 3. The Hall–Kier alpha value is -1.51. The lowest BCUT2D eigenvalue weighted by Crippen LogP contribution is -2.39. The van der Waals surface area contributed by atoms with Crippen molar-refractivity contribution in [1.82, 2.24) is 10.6 Å². The number of sulfone groups is 1. The first-order valence-corrected chi connectivity index (χ1v) is 10.8. The van der Waals surface area contributed by atoms with Gasteiger partial charge in [-0.2, -0.15) is 0 Å². The predicted octanol–water partition coefficient (Wildman–Crippen LogP) is 2.34. The van der Waals surface area contributed by atoms with Gasteiger partial charge in [-0.3, -0.25) is 4.79 Å². The molecule has 7 nitrogen and oxygen atoms in total. The third-order valence-corrected chi connectivity index (χ3v) is 7.68. The molecule has 0 aromatic heterocycles. The summed E-state index contributed by atoms with van der Waals surface area (Å²) in [6.45, 7) is 0. The smallest absolute Gasteiger partial charge is 0.315 e. The molecule has 142 valence electrons. The van der Waals surface area contributed by atoms with Crippen LogP contribution in [0.4, 0.5) is 10.5 Å². The Labute approximate surface area is 161 Å². The molecule has 0 radical (unpaired) electrons. The van der Waals surface area contributed by atoms with E-state index in [0.29, 0.717) is 35.0 Å². The number of hydrogen-bond acceptors (Lipinski definition) is 4. The molecule has 1 aromatic carbocycles. The topological polar surface area (TPSA) is 104 Å². The highest BCUT2D eigenvalue weighted by Crippen LogP contribution is 2.29. The van der Waals surface area contributed by atoms with Gasteiger partial charge in [0, 0.05) is 12.1 Å². The van der Waals surface area contributed by atoms with Crippen LogP contribution in [0.1, 0.15) is 25.7 Å². The number of hydrogen-bond donors (Lipinski definition) is 3. The summed E-state index contributed by atoms with van der Waals surface area (Å²) in [5.74, 6) is -0.204. The van der Waals surface area contributed by atoms with E-state index in [1.54, 1.807) is 18.2 Å². The molecule has 0 saturated carbocycles. The number of unbranched alkanes of at least 4 members (excludes halogenated alkanes) is 1. The van der Waals surface area contributed by atoms with E-state index in [1.165, 1.54) is 0 Å². The third-order valence-electron chi connectivity index (χ3n) is 4.67. The van der Waals surface area contributed by atoms with E-state index in [4.69, 9.17) is 23.2 Å². The number of urea groups is 1. The fourth-order valence-corrected chi connectivity index (χ4v) is 6.00. The summed E-state index contributed by atoms with van der Waals surface area (Å²) in [5.41, 5.74) is 0.561. The van der Waals surface area contributed by atoms with Gasteiger partial charge in [0.05, 0.1) is 33.1 Å². The zero-order valence-corrected chi connectivity index (χ0v) is 16.1. The molecule has 3 N–H and O–H groups in total. The maximum absolute atomic E-state index is 12.2. The summed E-state index contributed by atoms with van der Waals surface area (Å²) in [7, 11) is -3.23. The van der Waals surface area contributed by atoms with Gasteiger partial charge >= 0.3 is 6.03 Å². The Morgan fingerprint density at radius 3 is 2.69 bits per heavy atom. The van der Waals surface area contributed by atoms with E-state index in [1.807, 2.05) is 0 Å². The van der Waals surface area contributed by atoms with Gasteiger partial charge in [0.2, 0.25) is 5.91 Å². The van der Waals surface area contributed by atoms with Crippen LogP contribution in [0.3, 0.4) is 0 Å². The first-order valence-electron chi connectivity index (χ1n) is 8.30. The number of anilines is 1. The van der Waals surface area contributed by atoms with Crippen LogP contribution in [0.5, 0.6) is 0 Å². The standard InChI is InChI=1S/C16H19Cl2N3O4S/c17-10-6-5-9(7-11(10)18)19-14(22)4-2-1-3-13-15-12(8-26(13,24)25)20-16(23)21-15/h5-7,12-13,15H,1-4,8H2,(H,19,22)(H2,20,21,23)/t12-,13-,15+/m1/s1. The molecule has 3 rings (SSSR count). The number of carbonyl (C=O) groups excluding carboxylic acids is 2. The maximum atomic E-state index is 12.2. The van der Waals surface area contributed by atoms with Crippen molar-refractivity contribution in [2.45, 2.75) is 43.0 Å². The first-order chi connectivity index (χ1) is 12.3. The number of rotatable bonds is 6. The average Bonchev–Trinajstić information content (AvgIpc) is 2.99. The second kappa shape index (κ2) is 7.62. The van der Waals surface area contributed by atoms with Crippen molar-refractivity contribution in [3.8, 4) is 0 Å². The van der Waals surface area contributed by atoms with Crippen LogP contribution in [0.25, 0.3) is 0 Å². The fraction of sp³-hybridized carbons (Fsp3) is 0.500. The number of carbonyl (C=O) groups is 2. The van der Waals surface area contributed by atoms with Gasteiger partial charge in [0.25, 0.3) is 0 Å². The van der Waals surface area contributed by atoms with Crippen LogP contribution >= 0.6 is 23.2 Å². The summed E-state index contributed by atoms with van der Waals surface area (Å²) in [6, 6.07) is 3.79. The minimum absolute atomic E-state index is 0.0289. The van der Waals surface area contributed by atoms with Crippen LogP contribution in [0, 0.1) is 0 Å². The molecule has 0 unspecified atom stereocenters. The molecule has 3 amide bonds. The van der Waals surface area contributed by atoms with E-state index in [-0.39, 0.29) is 36.2 Å². The summed E-state index contributed by atoms with van der Waals surface area (Å²) >= 11 is 11.7. The second-order valence-corrected chi connectivity index (χ2v) is 9.62. The zero-order chi connectivity index (χ0) is 18.9. The normalized spacial score (nSPS) is 26.1. The molecule has 26 heavy (non-hydrogen) atoms. The van der Waals surface area contributed by atoms with Crippen LogP contribution in [0.15, 0.2) is 18.2 Å². The summed E-state index contributed by atoms with van der Waals surface area (Å²) in [5, 5.41) is 8.22. The Bertz CT molecular complexity index is 831. The molecular weight excluding hydrogens is 401 g/mol. The van der Waals surface area contributed by atoms with Crippen molar-refractivity contribution >= 4 is 50.7 Å². The van der Waals surface area contributed by atoms with Crippen molar-refractivity contribution in [3.63, 3.8) is 0 Å². The maximum Gasteiger partial charge on any atom is 0.315 e. The Morgan fingerprint density at radius 1 is 1.19 bits per heavy atom. The van der Waals surface area contributed by atoms with Crippen molar-refractivity contribution in [2.24, 2.45) is 0 Å². The predicted molar refractivity (Wildman–Crippen MR) is 100 cm³/mol. The number of fused-ring (bicyclic) bond motifs is 1. The van der Waals surface area contributed by atoms with Crippen molar-refractivity contribution in [1.29, 1.82) is 0 Å². The Kier molecular flexibility index (Phi) is 5.64. The number of halogens is 2. The van der Waals surface area contributed by atoms with Crippen LogP contribution in [0.2, 0.25) is 10.0 Å². The fourth-order valence-electron chi connectivity index (χ4n) is 3.43. The second-order valence-electron chi connectivity index (χ2n) is 6.54. The van der Waals surface area contributed by atoms with E-state index >= 15 is 0 Å². The zero-order valence-electron chi connectivity index (χ0n) is 13.8. The Morgan fingerprint density at radius 2 is 1.96 bits per heavy atom. The van der Waals surface area contributed by atoms with Gasteiger partial charge in [-0.05, 0) is 31.0 Å². The van der Waals surface area contributed by atoms with Crippen molar-refractivity contribution in [2.75, 3.05) is 11.1 Å². The summed E-state index contributed by atoms with van der Waals surface area (Å²) in [6.07, 6.45) is 1.83. The van der Waals surface area contributed by atoms with Crippen molar-refractivity contribution < 1.29 is 18.0 Å². The lowest BCUT2D eigenvalue weighted by atomic mass is 10.0. The molecule has 0 bridgehead atoms. The highest BCUT2D eigenvalue weighted by Gasteiger charge is 2.51. The molecule has 3 atom stereocenters. The molecule has 2 saturated heterocycles. The Balaban J connectivity index is 1.45. The minimum Gasteiger partial charge on any atom is -0.332 e. The van der Waals surface area contributed by atoms with Crippen LogP contribution in [-0.2, 0) is 14.6 Å². The first kappa shape index (κ1) is 19.3. The van der Waals surface area contributed by atoms with Gasteiger partial charge in [0.1, 0.15) is 0 Å². The molecule has 2 aliphatic rings. The molecule has 2 heterocycles. The van der Waals surface area contributed by atoms with E-state index < -0.39 is 15.1 Å². The van der Waals surface area contributed by atoms with E-state index in [9.17, 15) is 18.0 Å². The molecule has 1 aromatic rings. The highest BCUT2D eigenvalue weighted by molar-refractivity contribution is 7.92. The number of benzene rings is 1. The average molecular weight is 420 g/mol. The molecule has 2 aliphatic heterocycles. The lowest BCUT2D eigenvalue weighted by Gasteiger charge is -2.16. The van der Waals surface area contributed by atoms with Gasteiger partial charge in [0.15, 0.2) is 9.84 Å². The SMILES string of the molecule is O=C(CCCC[C@@H]1[C@H]2NC(=O)N[C@@H]2CS1(=O)=O)Nc1ccc(Cl)c(Cl)c1.